The number of ether oxygens (including phenoxy) is 1. The van der Waals surface area contributed by atoms with Gasteiger partial charge in [0.15, 0.2) is 0 Å². The predicted octanol–water partition coefficient (Wildman–Crippen LogP) is 3.04. The molecule has 0 saturated carbocycles. The van der Waals surface area contributed by atoms with Crippen LogP contribution < -0.4 is 5.56 Å². The van der Waals surface area contributed by atoms with Gasteiger partial charge < -0.3 is 13.9 Å². The van der Waals surface area contributed by atoms with Crippen molar-refractivity contribution in [3.8, 4) is 17.5 Å². The first-order valence-electron chi connectivity index (χ1n) is 8.10. The summed E-state index contributed by atoms with van der Waals surface area (Å²) < 4.78 is 8.47. The molecule has 0 bridgehead atoms. The maximum absolute atomic E-state index is 12.2. The molecule has 1 aromatic carbocycles. The van der Waals surface area contributed by atoms with E-state index in [0.717, 1.165) is 17.1 Å². The molecule has 0 N–H and O–H groups in total. The molecule has 6 heteroatoms. The van der Waals surface area contributed by atoms with E-state index >= 15 is 0 Å². The van der Waals surface area contributed by atoms with E-state index in [-0.39, 0.29) is 5.56 Å². The number of imidazole rings is 1. The second-order valence-electron chi connectivity index (χ2n) is 5.71. The second-order valence-corrected chi connectivity index (χ2v) is 6.15. The average molecular weight is 368 g/mol. The number of nitrogens with zero attached hydrogens (tertiary/aromatic N) is 3. The molecule has 2 heterocycles. The Kier molecular flexibility index (Phi) is 5.57. The predicted molar refractivity (Wildman–Crippen MR) is 102 cm³/mol. The van der Waals surface area contributed by atoms with Gasteiger partial charge in [0.25, 0.3) is 5.56 Å². The highest BCUT2D eigenvalue weighted by atomic mass is 35.5. The third-order valence-electron chi connectivity index (χ3n) is 3.84. The van der Waals surface area contributed by atoms with Crippen LogP contribution in [0.1, 0.15) is 17.1 Å². The largest absolute Gasteiger partial charge is 0.383 e. The van der Waals surface area contributed by atoms with Crippen molar-refractivity contribution in [2.24, 2.45) is 0 Å². The molecule has 0 radical (unpaired) electrons. The third kappa shape index (κ3) is 4.23. The van der Waals surface area contributed by atoms with Gasteiger partial charge in [-0.3, -0.25) is 4.79 Å². The van der Waals surface area contributed by atoms with Crippen molar-refractivity contribution in [1.82, 2.24) is 14.1 Å². The number of halogens is 1. The summed E-state index contributed by atoms with van der Waals surface area (Å²) in [7, 11) is 1.61. The zero-order valence-corrected chi connectivity index (χ0v) is 15.3. The van der Waals surface area contributed by atoms with Crippen LogP contribution in [0.4, 0.5) is 0 Å². The van der Waals surface area contributed by atoms with Gasteiger partial charge in [-0.25, -0.2) is 4.98 Å². The maximum atomic E-state index is 12.2. The highest BCUT2D eigenvalue weighted by Gasteiger charge is 2.06. The molecule has 3 aromatic rings. The van der Waals surface area contributed by atoms with Gasteiger partial charge in [-0.2, -0.15) is 0 Å². The summed E-state index contributed by atoms with van der Waals surface area (Å²) in [5.74, 6) is 6.84. The first-order chi connectivity index (χ1) is 12.6. The number of benzene rings is 1. The van der Waals surface area contributed by atoms with Crippen LogP contribution in [0.2, 0.25) is 5.02 Å². The van der Waals surface area contributed by atoms with E-state index in [1.165, 1.54) is 0 Å². The van der Waals surface area contributed by atoms with E-state index in [1.807, 2.05) is 35.9 Å². The molecule has 5 nitrogen and oxygen atoms in total. The Bertz CT molecular complexity index is 1040. The van der Waals surface area contributed by atoms with Crippen molar-refractivity contribution < 1.29 is 4.74 Å². The summed E-state index contributed by atoms with van der Waals surface area (Å²) in [6.07, 6.45) is 3.58. The molecule has 0 spiro atoms. The fraction of sp³-hybridized carbons (Fsp3) is 0.200. The standard InChI is InChI=1S/C20H18ClN3O2/c1-15-22-18(7-6-16-4-3-5-17(21)12-16)14-24(15)19-8-9-23(10-11-26-2)20(25)13-19/h3-5,8-9,12-14H,10-11H2,1-2H3. The van der Waals surface area contributed by atoms with E-state index in [1.54, 1.807) is 36.1 Å². The summed E-state index contributed by atoms with van der Waals surface area (Å²) in [6, 6.07) is 10.8. The number of hydrogen-bond donors (Lipinski definition) is 0. The van der Waals surface area contributed by atoms with E-state index in [2.05, 4.69) is 16.8 Å². The van der Waals surface area contributed by atoms with Gasteiger partial charge in [-0.1, -0.05) is 23.6 Å². The fourth-order valence-corrected chi connectivity index (χ4v) is 2.71. The maximum Gasteiger partial charge on any atom is 0.252 e. The van der Waals surface area contributed by atoms with Crippen molar-refractivity contribution in [3.63, 3.8) is 0 Å². The molecule has 0 aliphatic heterocycles. The van der Waals surface area contributed by atoms with Gasteiger partial charge in [0, 0.05) is 42.7 Å². The first kappa shape index (κ1) is 18.0. The van der Waals surface area contributed by atoms with Crippen molar-refractivity contribution >= 4 is 11.6 Å². The lowest BCUT2D eigenvalue weighted by molar-refractivity contribution is 0.186. The number of aryl methyl sites for hydroxylation is 1. The lowest BCUT2D eigenvalue weighted by atomic mass is 10.2. The van der Waals surface area contributed by atoms with Gasteiger partial charge in [-0.05, 0) is 37.1 Å². The summed E-state index contributed by atoms with van der Waals surface area (Å²) in [5, 5.41) is 0.646. The smallest absolute Gasteiger partial charge is 0.252 e. The van der Waals surface area contributed by atoms with Crippen molar-refractivity contribution in [3.05, 3.63) is 81.3 Å². The van der Waals surface area contributed by atoms with Gasteiger partial charge in [0.1, 0.15) is 11.5 Å². The minimum absolute atomic E-state index is 0.0841. The lowest BCUT2D eigenvalue weighted by Gasteiger charge is -2.08. The Morgan fingerprint density at radius 3 is 2.81 bits per heavy atom. The average Bonchev–Trinajstić information content (AvgIpc) is 3.00. The molecule has 0 fully saturated rings. The van der Waals surface area contributed by atoms with Crippen LogP contribution >= 0.6 is 11.6 Å². The zero-order chi connectivity index (χ0) is 18.5. The highest BCUT2D eigenvalue weighted by Crippen LogP contribution is 2.12. The Hall–Kier alpha value is -2.81. The van der Waals surface area contributed by atoms with Crippen LogP contribution in [-0.4, -0.2) is 27.8 Å². The van der Waals surface area contributed by atoms with E-state index in [9.17, 15) is 4.79 Å². The van der Waals surface area contributed by atoms with Crippen molar-refractivity contribution in [1.29, 1.82) is 0 Å². The number of pyridine rings is 1. The van der Waals surface area contributed by atoms with Crippen LogP contribution in [0.3, 0.4) is 0 Å². The number of methoxy groups -OCH3 is 1. The molecule has 2 aromatic heterocycles. The van der Waals surface area contributed by atoms with Gasteiger partial charge in [0.2, 0.25) is 0 Å². The fourth-order valence-electron chi connectivity index (χ4n) is 2.52. The summed E-state index contributed by atoms with van der Waals surface area (Å²) in [4.78, 5) is 16.7. The Balaban J connectivity index is 1.87. The monoisotopic (exact) mass is 367 g/mol. The van der Waals surface area contributed by atoms with Crippen molar-refractivity contribution in [2.75, 3.05) is 13.7 Å². The van der Waals surface area contributed by atoms with Gasteiger partial charge in [0.05, 0.1) is 12.3 Å². The van der Waals surface area contributed by atoms with Crippen LogP contribution in [-0.2, 0) is 11.3 Å². The minimum Gasteiger partial charge on any atom is -0.383 e. The van der Waals surface area contributed by atoms with Crippen LogP contribution in [0.5, 0.6) is 0 Å². The molecular weight excluding hydrogens is 350 g/mol. The summed E-state index contributed by atoms with van der Waals surface area (Å²) >= 11 is 5.97. The SMILES string of the molecule is COCCn1ccc(-n2cc(C#Cc3cccc(Cl)c3)nc2C)cc1=O. The van der Waals surface area contributed by atoms with E-state index < -0.39 is 0 Å². The van der Waals surface area contributed by atoms with Gasteiger partial charge >= 0.3 is 0 Å². The zero-order valence-electron chi connectivity index (χ0n) is 14.6. The Morgan fingerprint density at radius 1 is 1.23 bits per heavy atom. The topological polar surface area (TPSA) is 49.0 Å². The summed E-state index contributed by atoms with van der Waals surface area (Å²) in [6.45, 7) is 2.89. The Morgan fingerprint density at radius 2 is 2.08 bits per heavy atom. The quantitative estimate of drug-likeness (QED) is 0.666. The van der Waals surface area contributed by atoms with Crippen LogP contribution in [0.25, 0.3) is 5.69 Å². The van der Waals surface area contributed by atoms with E-state index in [0.29, 0.717) is 23.9 Å². The van der Waals surface area contributed by atoms with Crippen LogP contribution in [0.15, 0.2) is 53.6 Å². The van der Waals surface area contributed by atoms with Crippen LogP contribution in [0, 0.1) is 18.8 Å². The number of aromatic nitrogens is 3. The highest BCUT2D eigenvalue weighted by molar-refractivity contribution is 6.30. The second kappa shape index (κ2) is 8.05. The lowest BCUT2D eigenvalue weighted by Crippen LogP contribution is -2.21. The molecule has 0 atom stereocenters. The molecule has 0 aliphatic carbocycles. The molecule has 0 saturated heterocycles. The first-order valence-corrected chi connectivity index (χ1v) is 8.48. The normalized spacial score (nSPS) is 10.4. The van der Waals surface area contributed by atoms with Gasteiger partial charge in [-0.15, -0.1) is 0 Å². The molecule has 0 aliphatic rings. The molecule has 0 unspecified atom stereocenters. The third-order valence-corrected chi connectivity index (χ3v) is 4.07. The van der Waals surface area contributed by atoms with Crippen molar-refractivity contribution in [2.45, 2.75) is 13.5 Å². The summed E-state index contributed by atoms with van der Waals surface area (Å²) in [5.41, 5.74) is 2.13. The molecule has 3 rings (SSSR count). The number of hydrogen-bond acceptors (Lipinski definition) is 3. The molecule has 26 heavy (non-hydrogen) atoms. The molecule has 132 valence electrons. The number of rotatable bonds is 4. The Labute approximate surface area is 156 Å². The minimum atomic E-state index is -0.0841. The molecular formula is C20H18ClN3O2. The van der Waals surface area contributed by atoms with E-state index in [4.69, 9.17) is 16.3 Å². The molecule has 0 amide bonds.